The molecule has 13 heteroatoms. The van der Waals surface area contributed by atoms with Gasteiger partial charge in [-0.25, -0.2) is 9.50 Å². The number of anilines is 2. The highest BCUT2D eigenvalue weighted by Gasteiger charge is 2.28. The van der Waals surface area contributed by atoms with Crippen LogP contribution in [0.4, 0.5) is 11.8 Å². The van der Waals surface area contributed by atoms with Crippen LogP contribution in [0.1, 0.15) is 38.9 Å². The van der Waals surface area contributed by atoms with Gasteiger partial charge in [-0.2, -0.15) is 15.2 Å². The van der Waals surface area contributed by atoms with Gasteiger partial charge in [-0.15, -0.1) is 10.2 Å². The first-order valence-electron chi connectivity index (χ1n) is 11.6. The second kappa shape index (κ2) is 8.42. The number of aromatic nitrogens is 9. The van der Waals surface area contributed by atoms with Crippen molar-refractivity contribution in [2.45, 2.75) is 38.6 Å². The predicted octanol–water partition coefficient (Wildman–Crippen LogP) is 4.05. The van der Waals surface area contributed by atoms with Crippen molar-refractivity contribution in [2.24, 2.45) is 7.05 Å². The molecule has 12 nitrogen and oxygen atoms in total. The van der Waals surface area contributed by atoms with Gasteiger partial charge in [0, 0.05) is 36.9 Å². The minimum absolute atomic E-state index is 0.0801. The molecule has 0 aromatic carbocycles. The Hall–Kier alpha value is -3.77. The Kier molecular flexibility index (Phi) is 5.30. The molecular weight excluding hydrogens is 484 g/mol. The van der Waals surface area contributed by atoms with Gasteiger partial charge >= 0.3 is 0 Å². The number of nitrogens with one attached hydrogen (secondary N) is 1. The Labute approximate surface area is 211 Å². The molecule has 1 aliphatic heterocycles. The zero-order valence-electron chi connectivity index (χ0n) is 20.3. The minimum atomic E-state index is -0.0801. The van der Waals surface area contributed by atoms with E-state index in [1.54, 1.807) is 23.0 Å². The molecule has 1 fully saturated rings. The molecule has 6 heterocycles. The van der Waals surface area contributed by atoms with Gasteiger partial charge in [0.15, 0.2) is 28.6 Å². The molecule has 186 valence electrons. The number of halogens is 1. The van der Waals surface area contributed by atoms with Gasteiger partial charge in [0.2, 0.25) is 5.95 Å². The number of hydrogen-bond acceptors (Lipinski definition) is 9. The van der Waals surface area contributed by atoms with Gasteiger partial charge in [-0.3, -0.25) is 4.68 Å². The van der Waals surface area contributed by atoms with Crippen LogP contribution in [0, 0.1) is 0 Å². The summed E-state index contributed by atoms with van der Waals surface area (Å²) in [6, 6.07) is 4.00. The number of pyridine rings is 1. The minimum Gasteiger partial charge on any atom is -0.452 e. The number of aryl methyl sites for hydroxylation is 1. The summed E-state index contributed by atoms with van der Waals surface area (Å²) in [7, 11) is 1.87. The largest absolute Gasteiger partial charge is 0.452 e. The Bertz CT molecular complexity index is 1580. The van der Waals surface area contributed by atoms with Gasteiger partial charge < -0.3 is 19.4 Å². The molecule has 5 aromatic heterocycles. The summed E-state index contributed by atoms with van der Waals surface area (Å²) in [5.74, 6) is 2.11. The summed E-state index contributed by atoms with van der Waals surface area (Å²) < 4.78 is 17.0. The van der Waals surface area contributed by atoms with Crippen LogP contribution in [-0.4, -0.2) is 57.3 Å². The number of rotatable bonds is 5. The van der Waals surface area contributed by atoms with E-state index in [4.69, 9.17) is 26.2 Å². The second-order valence-electron chi connectivity index (χ2n) is 9.78. The van der Waals surface area contributed by atoms with Gasteiger partial charge in [-0.1, -0.05) is 32.4 Å². The standard InChI is InChI=1S/C23H25ClN10O2/c1-23(2,3)16-8-17(31-34(16)13-5-6-35-11-13)28-22-29-21-20(32(22)4)19(24)15(10-25-21)36-14-7-18-30-26-12-33(18)27-9-14/h7-10,12-13H,5-6,11H2,1-4H3,(H,25,28,29,31). The lowest BCUT2D eigenvalue weighted by Gasteiger charge is -2.22. The van der Waals surface area contributed by atoms with Crippen LogP contribution in [0.3, 0.4) is 0 Å². The highest BCUT2D eigenvalue weighted by atomic mass is 35.5. The molecule has 1 saturated heterocycles. The number of hydrogen-bond donors (Lipinski definition) is 1. The van der Waals surface area contributed by atoms with Gasteiger partial charge in [0.1, 0.15) is 16.9 Å². The Morgan fingerprint density at radius 2 is 2.08 bits per heavy atom. The Morgan fingerprint density at radius 1 is 1.22 bits per heavy atom. The molecule has 0 radical (unpaired) electrons. The molecule has 0 bridgehead atoms. The van der Waals surface area contributed by atoms with Gasteiger partial charge in [0.05, 0.1) is 25.0 Å². The highest BCUT2D eigenvalue weighted by molar-refractivity contribution is 6.36. The normalized spacial score (nSPS) is 16.3. The maximum atomic E-state index is 6.74. The van der Waals surface area contributed by atoms with Gasteiger partial charge in [-0.05, 0) is 6.42 Å². The molecule has 0 amide bonds. The molecule has 1 unspecified atom stereocenters. The van der Waals surface area contributed by atoms with Crippen molar-refractivity contribution >= 4 is 40.2 Å². The number of ether oxygens (including phenoxy) is 2. The van der Waals surface area contributed by atoms with E-state index in [-0.39, 0.29) is 11.5 Å². The van der Waals surface area contributed by atoms with Crippen molar-refractivity contribution in [1.29, 1.82) is 0 Å². The Balaban J connectivity index is 1.32. The van der Waals surface area contributed by atoms with Crippen LogP contribution in [0.2, 0.25) is 5.02 Å². The van der Waals surface area contributed by atoms with Crippen LogP contribution in [0.15, 0.2) is 30.9 Å². The molecule has 1 aliphatic rings. The summed E-state index contributed by atoms with van der Waals surface area (Å²) in [5.41, 5.74) is 2.73. The van der Waals surface area contributed by atoms with E-state index in [9.17, 15) is 0 Å². The van der Waals surface area contributed by atoms with Crippen LogP contribution in [0.5, 0.6) is 11.5 Å². The van der Waals surface area contributed by atoms with E-state index >= 15 is 0 Å². The summed E-state index contributed by atoms with van der Waals surface area (Å²) in [5, 5.41) is 20.6. The zero-order valence-corrected chi connectivity index (χ0v) is 21.1. The lowest BCUT2D eigenvalue weighted by molar-refractivity contribution is 0.183. The van der Waals surface area contributed by atoms with Crippen molar-refractivity contribution in [3.63, 3.8) is 0 Å². The third-order valence-corrected chi connectivity index (χ3v) is 6.53. The second-order valence-corrected chi connectivity index (χ2v) is 10.2. The van der Waals surface area contributed by atoms with Crippen LogP contribution >= 0.6 is 11.6 Å². The maximum absolute atomic E-state index is 6.74. The molecule has 1 atom stereocenters. The molecule has 0 saturated carbocycles. The molecule has 6 rings (SSSR count). The average molecular weight is 509 g/mol. The average Bonchev–Trinajstić information content (AvgIpc) is 3.62. The SMILES string of the molecule is Cn1c(Nc2cc(C(C)(C)C)n(C3CCOC3)n2)nc2ncc(Oc3cnn4cnnc4c3)c(Cl)c21. The third-order valence-electron chi connectivity index (χ3n) is 6.17. The van der Waals surface area contributed by atoms with E-state index in [1.165, 1.54) is 6.33 Å². The number of fused-ring (bicyclic) bond motifs is 2. The first kappa shape index (κ1) is 22.7. The van der Waals surface area contributed by atoms with Crippen LogP contribution in [-0.2, 0) is 17.2 Å². The molecule has 0 aliphatic carbocycles. The monoisotopic (exact) mass is 508 g/mol. The maximum Gasteiger partial charge on any atom is 0.210 e. The van der Waals surface area contributed by atoms with E-state index in [0.717, 1.165) is 18.7 Å². The van der Waals surface area contributed by atoms with E-state index in [2.05, 4.69) is 62.1 Å². The first-order chi connectivity index (χ1) is 17.3. The topological polar surface area (TPSA) is 122 Å². The summed E-state index contributed by atoms with van der Waals surface area (Å²) in [6.45, 7) is 7.95. The molecule has 5 aromatic rings. The Morgan fingerprint density at radius 3 is 2.86 bits per heavy atom. The van der Waals surface area contributed by atoms with Gasteiger partial charge in [0.25, 0.3) is 0 Å². The van der Waals surface area contributed by atoms with E-state index < -0.39 is 0 Å². The van der Waals surface area contributed by atoms with Crippen LogP contribution in [0.25, 0.3) is 16.8 Å². The fraction of sp³-hybridized carbons (Fsp3) is 0.391. The predicted molar refractivity (Wildman–Crippen MR) is 133 cm³/mol. The third kappa shape index (κ3) is 3.91. The van der Waals surface area contributed by atoms with Crippen molar-refractivity contribution in [1.82, 2.24) is 44.1 Å². The smallest absolute Gasteiger partial charge is 0.210 e. The number of imidazole rings is 1. The first-order valence-corrected chi connectivity index (χ1v) is 12.0. The van der Waals surface area contributed by atoms with Crippen molar-refractivity contribution < 1.29 is 9.47 Å². The van der Waals surface area contributed by atoms with E-state index in [0.29, 0.717) is 51.7 Å². The summed E-state index contributed by atoms with van der Waals surface area (Å²) >= 11 is 6.74. The zero-order chi connectivity index (χ0) is 25.0. The van der Waals surface area contributed by atoms with Crippen molar-refractivity contribution in [3.8, 4) is 11.5 Å². The highest BCUT2D eigenvalue weighted by Crippen LogP contribution is 2.36. The molecule has 0 spiro atoms. The molecular formula is C23H25ClN10O2. The van der Waals surface area contributed by atoms with Crippen molar-refractivity contribution in [2.75, 3.05) is 18.5 Å². The fourth-order valence-electron chi connectivity index (χ4n) is 4.31. The summed E-state index contributed by atoms with van der Waals surface area (Å²) in [4.78, 5) is 9.10. The lowest BCUT2D eigenvalue weighted by atomic mass is 9.91. The fourth-order valence-corrected chi connectivity index (χ4v) is 4.61. The summed E-state index contributed by atoms with van der Waals surface area (Å²) in [6.07, 6.45) is 5.56. The lowest BCUT2D eigenvalue weighted by Crippen LogP contribution is -2.22. The van der Waals surface area contributed by atoms with E-state index in [1.807, 2.05) is 11.6 Å². The van der Waals surface area contributed by atoms with Crippen molar-refractivity contribution in [3.05, 3.63) is 41.6 Å². The molecule has 36 heavy (non-hydrogen) atoms. The number of nitrogens with zero attached hydrogens (tertiary/aromatic N) is 9. The quantitative estimate of drug-likeness (QED) is 0.374. The molecule has 1 N–H and O–H groups in total. The van der Waals surface area contributed by atoms with Crippen LogP contribution < -0.4 is 10.1 Å².